The Labute approximate surface area is 162 Å². The molecule has 1 rings (SSSR count). The second-order valence-corrected chi connectivity index (χ2v) is 6.06. The van der Waals surface area contributed by atoms with E-state index >= 15 is 0 Å². The van der Waals surface area contributed by atoms with Gasteiger partial charge in [0.2, 0.25) is 0 Å². The van der Waals surface area contributed by atoms with E-state index in [4.69, 9.17) is 9.47 Å². The first kappa shape index (κ1) is 22.9. The lowest BCUT2D eigenvalue weighted by Crippen LogP contribution is -2.40. The first-order valence-electron chi connectivity index (χ1n) is 8.74. The summed E-state index contributed by atoms with van der Waals surface area (Å²) in [5.74, 6) is -7.06. The number of nitro groups is 1. The molecule has 1 aromatic rings. The highest BCUT2D eigenvalue weighted by Crippen LogP contribution is 2.36. The molecule has 0 aliphatic carbocycles. The molecule has 0 saturated carbocycles. The lowest BCUT2D eigenvalue weighted by molar-refractivity contribution is -0.384. The van der Waals surface area contributed by atoms with Gasteiger partial charge in [-0.15, -0.1) is 0 Å². The number of nitrogens with zero attached hydrogens (tertiary/aromatic N) is 1. The maximum atomic E-state index is 12.5. The molecule has 0 amide bonds. The zero-order valence-corrected chi connectivity index (χ0v) is 16.2. The average Bonchev–Trinajstić information content (AvgIpc) is 2.61. The fourth-order valence-electron chi connectivity index (χ4n) is 2.99. The number of carbonyl (C=O) groups is 4. The summed E-state index contributed by atoms with van der Waals surface area (Å²) in [6, 6.07) is 4.97. The number of ketones is 2. The molecule has 0 N–H and O–H groups in total. The molecular weight excluding hydrogens is 370 g/mol. The summed E-state index contributed by atoms with van der Waals surface area (Å²) in [5, 5.41) is 10.9. The van der Waals surface area contributed by atoms with Gasteiger partial charge in [0.15, 0.2) is 0 Å². The minimum Gasteiger partial charge on any atom is -0.465 e. The molecule has 0 aliphatic rings. The standard InChI is InChI=1S/C19H23NO8/c1-5-27-18(23)15(11(3)21)17(16(12(4)22)19(24)28-6-2)13-7-9-14(10-8-13)20(25)26/h7-10,15-17H,5-6H2,1-4H3. The van der Waals surface area contributed by atoms with E-state index in [9.17, 15) is 29.3 Å². The second kappa shape index (κ2) is 10.3. The Morgan fingerprint density at radius 2 is 1.29 bits per heavy atom. The van der Waals surface area contributed by atoms with Crippen LogP contribution in [0.2, 0.25) is 0 Å². The third-order valence-electron chi connectivity index (χ3n) is 4.16. The third-order valence-corrected chi connectivity index (χ3v) is 4.16. The van der Waals surface area contributed by atoms with E-state index < -0.39 is 46.2 Å². The summed E-state index contributed by atoms with van der Waals surface area (Å²) < 4.78 is 9.94. The van der Waals surface area contributed by atoms with Gasteiger partial charge in [0.05, 0.1) is 18.1 Å². The van der Waals surface area contributed by atoms with Crippen LogP contribution in [0.25, 0.3) is 0 Å². The van der Waals surface area contributed by atoms with Crippen molar-refractivity contribution in [3.63, 3.8) is 0 Å². The van der Waals surface area contributed by atoms with Gasteiger partial charge in [0.1, 0.15) is 23.4 Å². The highest BCUT2D eigenvalue weighted by molar-refractivity contribution is 6.04. The van der Waals surface area contributed by atoms with E-state index in [-0.39, 0.29) is 24.5 Å². The van der Waals surface area contributed by atoms with E-state index in [2.05, 4.69) is 0 Å². The molecule has 152 valence electrons. The monoisotopic (exact) mass is 393 g/mol. The van der Waals surface area contributed by atoms with Crippen molar-refractivity contribution in [3.05, 3.63) is 39.9 Å². The number of hydrogen-bond donors (Lipinski definition) is 0. The average molecular weight is 393 g/mol. The quantitative estimate of drug-likeness (QED) is 0.256. The number of rotatable bonds is 10. The van der Waals surface area contributed by atoms with Crippen LogP contribution in [0.3, 0.4) is 0 Å². The first-order chi connectivity index (χ1) is 13.1. The molecule has 0 aliphatic heterocycles. The molecule has 9 nitrogen and oxygen atoms in total. The number of non-ortho nitro benzene ring substituents is 1. The smallest absolute Gasteiger partial charge is 0.317 e. The van der Waals surface area contributed by atoms with Gasteiger partial charge in [0, 0.05) is 18.1 Å². The van der Waals surface area contributed by atoms with Crippen LogP contribution >= 0.6 is 0 Å². The predicted octanol–water partition coefficient (Wildman–Crippen LogP) is 2.21. The van der Waals surface area contributed by atoms with Gasteiger partial charge in [-0.05, 0) is 33.3 Å². The van der Waals surface area contributed by atoms with Gasteiger partial charge >= 0.3 is 11.9 Å². The maximum absolute atomic E-state index is 12.5. The Morgan fingerprint density at radius 3 is 1.57 bits per heavy atom. The van der Waals surface area contributed by atoms with Crippen LogP contribution < -0.4 is 0 Å². The Balaban J connectivity index is 3.60. The molecule has 2 unspecified atom stereocenters. The van der Waals surface area contributed by atoms with Crippen molar-refractivity contribution in [1.82, 2.24) is 0 Å². The SMILES string of the molecule is CCOC(=O)C(C(C)=O)C(c1ccc([N+](=O)[O-])cc1)C(C(C)=O)C(=O)OCC. The summed E-state index contributed by atoms with van der Waals surface area (Å²) >= 11 is 0. The number of esters is 2. The Morgan fingerprint density at radius 1 is 0.893 bits per heavy atom. The number of benzene rings is 1. The molecule has 0 spiro atoms. The summed E-state index contributed by atoms with van der Waals surface area (Å²) in [7, 11) is 0. The van der Waals surface area contributed by atoms with Crippen molar-refractivity contribution in [2.75, 3.05) is 13.2 Å². The molecule has 0 heterocycles. The Bertz CT molecular complexity index is 720. The van der Waals surface area contributed by atoms with E-state index in [1.807, 2.05) is 0 Å². The molecule has 2 atom stereocenters. The lowest BCUT2D eigenvalue weighted by atomic mass is 9.73. The van der Waals surface area contributed by atoms with Crippen molar-refractivity contribution in [3.8, 4) is 0 Å². The number of ether oxygens (including phenoxy) is 2. The molecule has 0 aromatic heterocycles. The topological polar surface area (TPSA) is 130 Å². The molecular formula is C19H23NO8. The van der Waals surface area contributed by atoms with E-state index in [1.54, 1.807) is 13.8 Å². The normalized spacial score (nSPS) is 13.7. The number of hydrogen-bond acceptors (Lipinski definition) is 8. The van der Waals surface area contributed by atoms with Crippen molar-refractivity contribution in [1.29, 1.82) is 0 Å². The van der Waals surface area contributed by atoms with Crippen LogP contribution in [0.1, 0.15) is 39.2 Å². The molecule has 9 heteroatoms. The zero-order valence-electron chi connectivity index (χ0n) is 16.2. The Hall–Kier alpha value is -3.10. The fraction of sp³-hybridized carbons (Fsp3) is 0.474. The van der Waals surface area contributed by atoms with Crippen molar-refractivity contribution >= 4 is 29.2 Å². The highest BCUT2D eigenvalue weighted by Gasteiger charge is 2.45. The highest BCUT2D eigenvalue weighted by atomic mass is 16.6. The maximum Gasteiger partial charge on any atom is 0.317 e. The molecule has 1 aromatic carbocycles. The predicted molar refractivity (Wildman–Crippen MR) is 97.4 cm³/mol. The molecule has 28 heavy (non-hydrogen) atoms. The van der Waals surface area contributed by atoms with Gasteiger partial charge in [0.25, 0.3) is 5.69 Å². The second-order valence-electron chi connectivity index (χ2n) is 6.06. The fourth-order valence-corrected chi connectivity index (χ4v) is 2.99. The summed E-state index contributed by atoms with van der Waals surface area (Å²) in [6.45, 7) is 5.43. The summed E-state index contributed by atoms with van der Waals surface area (Å²) in [6.07, 6.45) is 0. The van der Waals surface area contributed by atoms with Crippen LogP contribution in [0.4, 0.5) is 5.69 Å². The zero-order chi connectivity index (χ0) is 21.4. The molecule has 0 saturated heterocycles. The number of carbonyl (C=O) groups excluding carboxylic acids is 4. The van der Waals surface area contributed by atoms with Crippen LogP contribution in [-0.4, -0.2) is 41.6 Å². The minimum atomic E-state index is -1.44. The van der Waals surface area contributed by atoms with Gasteiger partial charge in [-0.3, -0.25) is 29.3 Å². The van der Waals surface area contributed by atoms with Crippen LogP contribution in [0.5, 0.6) is 0 Å². The number of nitro benzene ring substituents is 1. The van der Waals surface area contributed by atoms with Crippen LogP contribution in [0.15, 0.2) is 24.3 Å². The van der Waals surface area contributed by atoms with Crippen molar-refractivity contribution in [2.45, 2.75) is 33.6 Å². The molecule has 0 bridgehead atoms. The van der Waals surface area contributed by atoms with Gasteiger partial charge in [-0.2, -0.15) is 0 Å². The summed E-state index contributed by atoms with van der Waals surface area (Å²) in [4.78, 5) is 59.8. The lowest BCUT2D eigenvalue weighted by Gasteiger charge is -2.29. The third kappa shape index (κ3) is 5.45. The van der Waals surface area contributed by atoms with Gasteiger partial charge < -0.3 is 9.47 Å². The van der Waals surface area contributed by atoms with Crippen molar-refractivity contribution < 1.29 is 33.6 Å². The minimum absolute atomic E-state index is 0.000259. The first-order valence-corrected chi connectivity index (χ1v) is 8.74. The summed E-state index contributed by atoms with van der Waals surface area (Å²) in [5.41, 5.74) is 0.0284. The largest absolute Gasteiger partial charge is 0.465 e. The Kier molecular flexibility index (Phi) is 8.43. The molecule has 0 fully saturated rings. The van der Waals surface area contributed by atoms with Crippen LogP contribution in [0, 0.1) is 22.0 Å². The van der Waals surface area contributed by atoms with E-state index in [0.717, 1.165) is 13.8 Å². The number of Topliss-reactive ketones (excluding diaryl/α,β-unsaturated/α-hetero) is 2. The van der Waals surface area contributed by atoms with Crippen LogP contribution in [-0.2, 0) is 28.7 Å². The molecule has 0 radical (unpaired) electrons. The van der Waals surface area contributed by atoms with Gasteiger partial charge in [-0.1, -0.05) is 12.1 Å². The van der Waals surface area contributed by atoms with E-state index in [1.165, 1.54) is 24.3 Å². The van der Waals surface area contributed by atoms with Crippen molar-refractivity contribution in [2.24, 2.45) is 11.8 Å². The van der Waals surface area contributed by atoms with Gasteiger partial charge in [-0.25, -0.2) is 0 Å². The van der Waals surface area contributed by atoms with E-state index in [0.29, 0.717) is 0 Å².